The third-order valence-electron chi connectivity index (χ3n) is 13.6. The summed E-state index contributed by atoms with van der Waals surface area (Å²) in [5.41, 5.74) is 16.7. The van der Waals surface area contributed by atoms with Crippen LogP contribution in [0.25, 0.3) is 43.8 Å². The van der Waals surface area contributed by atoms with Gasteiger partial charge in [-0.15, -0.1) is 0 Å². The van der Waals surface area contributed by atoms with Gasteiger partial charge in [0.1, 0.15) is 0 Å². The van der Waals surface area contributed by atoms with Gasteiger partial charge in [0.25, 0.3) is 0 Å². The van der Waals surface area contributed by atoms with Gasteiger partial charge < -0.3 is 4.90 Å². The van der Waals surface area contributed by atoms with Gasteiger partial charge in [0.2, 0.25) is 0 Å². The van der Waals surface area contributed by atoms with E-state index >= 15 is 0 Å². The van der Waals surface area contributed by atoms with Gasteiger partial charge in [0.15, 0.2) is 0 Å². The van der Waals surface area contributed by atoms with Crippen LogP contribution in [0.1, 0.15) is 59.1 Å². The third kappa shape index (κ3) is 4.46. The summed E-state index contributed by atoms with van der Waals surface area (Å²) in [4.78, 5) is 2.64. The molecule has 1 fully saturated rings. The molecule has 0 bridgehead atoms. The summed E-state index contributed by atoms with van der Waals surface area (Å²) in [7, 11) is 0. The predicted molar refractivity (Wildman–Crippen MR) is 238 cm³/mol. The molecule has 1 heteroatoms. The number of rotatable bonds is 5. The summed E-state index contributed by atoms with van der Waals surface area (Å²) < 4.78 is 0. The molecule has 0 unspecified atom stereocenters. The van der Waals surface area contributed by atoms with Crippen molar-refractivity contribution in [2.24, 2.45) is 0 Å². The molecule has 3 aliphatic carbocycles. The molecule has 12 rings (SSSR count). The van der Waals surface area contributed by atoms with Crippen molar-refractivity contribution in [3.63, 3.8) is 0 Å². The molecule has 0 heterocycles. The Hall–Kier alpha value is -6.70. The highest BCUT2D eigenvalue weighted by molar-refractivity contribution is 6.15. The zero-order chi connectivity index (χ0) is 37.6. The lowest BCUT2D eigenvalue weighted by Crippen LogP contribution is -2.29. The average molecular weight is 728 g/mol. The van der Waals surface area contributed by atoms with Gasteiger partial charge in [0, 0.05) is 16.5 Å². The Morgan fingerprint density at radius 3 is 1.67 bits per heavy atom. The highest BCUT2D eigenvalue weighted by atomic mass is 15.1. The second-order valence-electron chi connectivity index (χ2n) is 16.3. The molecular formula is C56H41N. The molecule has 0 N–H and O–H groups in total. The molecule has 3 aliphatic rings. The van der Waals surface area contributed by atoms with Crippen molar-refractivity contribution in [3.8, 4) is 22.3 Å². The van der Waals surface area contributed by atoms with E-state index in [2.05, 4.69) is 205 Å². The van der Waals surface area contributed by atoms with Crippen LogP contribution >= 0.6 is 0 Å². The lowest BCUT2D eigenvalue weighted by molar-refractivity contribution is 0.550. The number of fused-ring (bicyclic) bond motifs is 11. The Morgan fingerprint density at radius 2 is 0.930 bits per heavy atom. The van der Waals surface area contributed by atoms with Crippen LogP contribution in [-0.4, -0.2) is 0 Å². The molecule has 0 amide bonds. The van der Waals surface area contributed by atoms with E-state index in [1.54, 1.807) is 0 Å². The smallest absolute Gasteiger partial charge is 0.0714 e. The van der Waals surface area contributed by atoms with Crippen LogP contribution in [0, 0.1) is 0 Å². The van der Waals surface area contributed by atoms with Crippen LogP contribution in [0.5, 0.6) is 0 Å². The first-order valence-corrected chi connectivity index (χ1v) is 20.6. The maximum Gasteiger partial charge on any atom is 0.0714 e. The van der Waals surface area contributed by atoms with E-state index in [4.69, 9.17) is 0 Å². The minimum absolute atomic E-state index is 0.0157. The molecular weight excluding hydrogens is 687 g/mol. The molecule has 57 heavy (non-hydrogen) atoms. The minimum Gasteiger partial charge on any atom is -0.310 e. The Morgan fingerprint density at radius 1 is 0.368 bits per heavy atom. The van der Waals surface area contributed by atoms with E-state index < -0.39 is 5.41 Å². The summed E-state index contributed by atoms with van der Waals surface area (Å²) in [6, 6.07) is 75.5. The van der Waals surface area contributed by atoms with Gasteiger partial charge in [-0.1, -0.05) is 189 Å². The summed E-state index contributed by atoms with van der Waals surface area (Å²) >= 11 is 0. The third-order valence-corrected chi connectivity index (χ3v) is 13.6. The second kappa shape index (κ2) is 12.4. The highest BCUT2D eigenvalue weighted by Gasteiger charge is 2.49. The molecule has 9 aromatic rings. The zero-order valence-corrected chi connectivity index (χ0v) is 31.8. The summed E-state index contributed by atoms with van der Waals surface area (Å²) in [5.74, 6) is 0. The van der Waals surface area contributed by atoms with Crippen molar-refractivity contribution in [1.82, 2.24) is 0 Å². The van der Waals surface area contributed by atoms with E-state index in [0.717, 1.165) is 0 Å². The van der Waals surface area contributed by atoms with Crippen LogP contribution < -0.4 is 4.90 Å². The summed E-state index contributed by atoms with van der Waals surface area (Å²) in [6.07, 6.45) is 4.83. The molecule has 0 aliphatic heterocycles. The monoisotopic (exact) mass is 727 g/mol. The number of nitrogens with zero attached hydrogens (tertiary/aromatic N) is 1. The average Bonchev–Trinajstić information content (AvgIpc) is 3.97. The fraction of sp³-hybridized carbons (Fsp3) is 0.107. The first kappa shape index (κ1) is 32.5. The Kier molecular flexibility index (Phi) is 7.08. The van der Waals surface area contributed by atoms with Crippen LogP contribution in [0.3, 0.4) is 0 Å². The van der Waals surface area contributed by atoms with Gasteiger partial charge in [-0.05, 0) is 109 Å². The minimum atomic E-state index is -0.497. The van der Waals surface area contributed by atoms with Crippen molar-refractivity contribution in [3.05, 3.63) is 234 Å². The summed E-state index contributed by atoms with van der Waals surface area (Å²) in [5, 5.41) is 5.06. The van der Waals surface area contributed by atoms with Crippen molar-refractivity contribution in [2.75, 3.05) is 4.90 Å². The van der Waals surface area contributed by atoms with E-state index in [-0.39, 0.29) is 5.41 Å². The fourth-order valence-corrected chi connectivity index (χ4v) is 11.4. The molecule has 9 aromatic carbocycles. The Bertz CT molecular complexity index is 2980. The maximum absolute atomic E-state index is 2.64. The van der Waals surface area contributed by atoms with Gasteiger partial charge in [0.05, 0.1) is 16.8 Å². The largest absolute Gasteiger partial charge is 0.310 e. The number of hydrogen-bond acceptors (Lipinski definition) is 1. The summed E-state index contributed by atoms with van der Waals surface area (Å²) in [6.45, 7) is 0. The standard InChI is InChI=1S/C56H41N/c1-3-19-39(20-4-1)56(40-21-5-2-6-22-40)50-30-14-12-25-44(50)46-33-32-41(37-51(46)56)57(53-36-38-18-7-8-23-42(38)43-24-9-10-27-47(43)53)52-31-17-28-48-45-26-11-13-29-49(45)55(54(48)52)34-15-16-35-55/h1-14,17-33,36-37H,15-16,34-35H2. The fourth-order valence-electron chi connectivity index (χ4n) is 11.4. The predicted octanol–water partition coefficient (Wildman–Crippen LogP) is 14.7. The lowest BCUT2D eigenvalue weighted by Gasteiger charge is -2.36. The first-order chi connectivity index (χ1) is 28.3. The van der Waals surface area contributed by atoms with Gasteiger partial charge in [-0.25, -0.2) is 0 Å². The van der Waals surface area contributed by atoms with Crippen molar-refractivity contribution < 1.29 is 0 Å². The topological polar surface area (TPSA) is 3.24 Å². The quantitative estimate of drug-likeness (QED) is 0.160. The number of hydrogen-bond donors (Lipinski definition) is 0. The second-order valence-corrected chi connectivity index (χ2v) is 16.3. The SMILES string of the molecule is c1ccc(C2(c3ccccc3)c3ccccc3-c3ccc(N(c4cccc5c4C4(CCCC4)c4ccccc4-5)c4cc5ccccc5c5ccccc45)cc32)cc1. The van der Waals surface area contributed by atoms with Crippen LogP contribution in [-0.2, 0) is 10.8 Å². The van der Waals surface area contributed by atoms with Crippen molar-refractivity contribution in [1.29, 1.82) is 0 Å². The molecule has 1 saturated carbocycles. The number of anilines is 3. The highest BCUT2D eigenvalue weighted by Crippen LogP contribution is 2.62. The molecule has 0 saturated heterocycles. The van der Waals surface area contributed by atoms with E-state index in [1.807, 2.05) is 0 Å². The van der Waals surface area contributed by atoms with Crippen LogP contribution in [0.15, 0.2) is 200 Å². The molecule has 1 nitrogen and oxygen atoms in total. The van der Waals surface area contributed by atoms with Gasteiger partial charge in [-0.2, -0.15) is 0 Å². The van der Waals surface area contributed by atoms with Crippen molar-refractivity contribution in [2.45, 2.75) is 36.5 Å². The van der Waals surface area contributed by atoms with E-state index in [9.17, 15) is 0 Å². The molecule has 1 spiro atoms. The molecule has 0 atom stereocenters. The molecule has 270 valence electrons. The van der Waals surface area contributed by atoms with Gasteiger partial charge in [-0.3, -0.25) is 0 Å². The van der Waals surface area contributed by atoms with E-state index in [1.165, 1.54) is 120 Å². The van der Waals surface area contributed by atoms with Crippen LogP contribution in [0.2, 0.25) is 0 Å². The Balaban J connectivity index is 1.21. The normalized spacial score (nSPS) is 15.4. The molecule has 0 radical (unpaired) electrons. The van der Waals surface area contributed by atoms with Crippen molar-refractivity contribution >= 4 is 38.6 Å². The number of benzene rings is 9. The zero-order valence-electron chi connectivity index (χ0n) is 31.8. The lowest BCUT2D eigenvalue weighted by atomic mass is 9.67. The first-order valence-electron chi connectivity index (χ1n) is 20.6. The van der Waals surface area contributed by atoms with Gasteiger partial charge >= 0.3 is 0 Å². The Labute approximate surface area is 334 Å². The maximum atomic E-state index is 2.64. The molecule has 0 aromatic heterocycles. The van der Waals surface area contributed by atoms with E-state index in [0.29, 0.717) is 0 Å². The van der Waals surface area contributed by atoms with Crippen LogP contribution in [0.4, 0.5) is 17.1 Å².